The molecule has 0 aromatic carbocycles. The molecule has 0 amide bonds. The average molecular weight is 244 g/mol. The van der Waals surface area contributed by atoms with Crippen molar-refractivity contribution in [3.05, 3.63) is 24.8 Å². The van der Waals surface area contributed by atoms with Crippen LogP contribution in [0.2, 0.25) is 0 Å². The first-order valence-corrected chi connectivity index (χ1v) is 6.75. The van der Waals surface area contributed by atoms with E-state index in [0.717, 1.165) is 12.8 Å². The Morgan fingerprint density at radius 1 is 1.11 bits per heavy atom. The highest BCUT2D eigenvalue weighted by atomic mass is 16.3. The van der Waals surface area contributed by atoms with Crippen LogP contribution >= 0.6 is 0 Å². The van der Waals surface area contributed by atoms with E-state index < -0.39 is 6.10 Å². The van der Waals surface area contributed by atoms with Crippen molar-refractivity contribution in [2.24, 2.45) is 0 Å². The lowest BCUT2D eigenvalue weighted by atomic mass is 10.1. The zero-order chi connectivity index (χ0) is 13.5. The van der Waals surface area contributed by atoms with E-state index in [4.69, 9.17) is 5.11 Å². The second-order valence-electron chi connectivity index (χ2n) is 4.13. The lowest BCUT2D eigenvalue weighted by molar-refractivity contribution is 0.281. The van der Waals surface area contributed by atoms with E-state index in [1.54, 1.807) is 0 Å². The normalized spacial score (nSPS) is 11.2. The maximum atomic E-state index is 9.05. The minimum atomic E-state index is -0.766. The topological polar surface area (TPSA) is 20.2 Å². The summed E-state index contributed by atoms with van der Waals surface area (Å²) in [7, 11) is 0. The van der Waals surface area contributed by atoms with Crippen LogP contribution in [0.15, 0.2) is 24.8 Å². The first-order valence-electron chi connectivity index (χ1n) is 6.75. The third kappa shape index (κ3) is 12.6. The van der Waals surface area contributed by atoms with Crippen molar-refractivity contribution in [3.8, 4) is 23.7 Å². The molecule has 0 aromatic rings. The zero-order valence-electron chi connectivity index (χ0n) is 11.4. The third-order valence-corrected chi connectivity index (χ3v) is 2.46. The van der Waals surface area contributed by atoms with Gasteiger partial charge in [-0.3, -0.25) is 0 Å². The van der Waals surface area contributed by atoms with E-state index in [-0.39, 0.29) is 0 Å². The van der Waals surface area contributed by atoms with Crippen LogP contribution in [0.5, 0.6) is 0 Å². The molecule has 0 radical (unpaired) electrons. The van der Waals surface area contributed by atoms with Gasteiger partial charge < -0.3 is 5.11 Å². The molecule has 0 aliphatic rings. The summed E-state index contributed by atoms with van der Waals surface area (Å²) in [5, 5.41) is 9.05. The summed E-state index contributed by atoms with van der Waals surface area (Å²) in [4.78, 5) is 0. The summed E-state index contributed by atoms with van der Waals surface area (Å²) in [5.41, 5.74) is 0. The molecule has 0 spiro atoms. The molecule has 18 heavy (non-hydrogen) atoms. The molecule has 0 saturated carbocycles. The molecule has 1 N–H and O–H groups in total. The molecule has 1 atom stereocenters. The first-order chi connectivity index (χ1) is 8.81. The van der Waals surface area contributed by atoms with Crippen LogP contribution < -0.4 is 0 Å². The molecule has 0 heterocycles. The molecule has 1 unspecified atom stereocenters. The third-order valence-electron chi connectivity index (χ3n) is 2.46. The van der Waals surface area contributed by atoms with Gasteiger partial charge in [-0.25, -0.2) is 0 Å². The largest absolute Gasteiger partial charge is 0.377 e. The number of unbranched alkanes of at least 4 members (excludes halogenated alkanes) is 5. The Labute approximate surface area is 112 Å². The van der Waals surface area contributed by atoms with Crippen LogP contribution in [-0.4, -0.2) is 11.2 Å². The number of aliphatic hydroxyl groups excluding tert-OH is 1. The van der Waals surface area contributed by atoms with E-state index in [2.05, 4.69) is 49.3 Å². The molecule has 0 bridgehead atoms. The van der Waals surface area contributed by atoms with E-state index in [1.165, 1.54) is 38.2 Å². The van der Waals surface area contributed by atoms with Crippen LogP contribution in [-0.2, 0) is 0 Å². The summed E-state index contributed by atoms with van der Waals surface area (Å²) >= 11 is 0. The summed E-state index contributed by atoms with van der Waals surface area (Å²) in [6.07, 6.45) is 13.4. The standard InChI is InChI=1S/C17H24O/c1-3-5-6-7-8-9-10-11-12-13-14-15-16-17(18)4-2/h4,10-11,17-18H,2-3,5-9,12H2,1H3/b11-10+. The molecule has 0 rings (SSSR count). The SMILES string of the molecule is C=CC(O)C#CC#CC/C=C/CCCCCCC. The quantitative estimate of drug-likeness (QED) is 0.391. The maximum absolute atomic E-state index is 9.05. The number of allylic oxidation sites excluding steroid dienone is 2. The molecule has 98 valence electrons. The minimum absolute atomic E-state index is 0.730. The van der Waals surface area contributed by atoms with E-state index in [0.29, 0.717) is 0 Å². The number of hydrogen-bond acceptors (Lipinski definition) is 1. The predicted molar refractivity (Wildman–Crippen MR) is 78.9 cm³/mol. The second kappa shape index (κ2) is 13.6. The van der Waals surface area contributed by atoms with Gasteiger partial charge in [0.05, 0.1) is 0 Å². The molecule has 1 nitrogen and oxygen atoms in total. The molecule has 0 saturated heterocycles. The maximum Gasteiger partial charge on any atom is 0.134 e. The molecule has 1 heteroatoms. The number of aliphatic hydroxyl groups is 1. The van der Waals surface area contributed by atoms with Gasteiger partial charge in [0.2, 0.25) is 0 Å². The van der Waals surface area contributed by atoms with Crippen LogP contribution in [0.1, 0.15) is 51.9 Å². The van der Waals surface area contributed by atoms with Crippen molar-refractivity contribution in [2.45, 2.75) is 58.0 Å². The fourth-order valence-electron chi connectivity index (χ4n) is 1.39. The number of rotatable bonds is 8. The molecular weight excluding hydrogens is 220 g/mol. The monoisotopic (exact) mass is 244 g/mol. The van der Waals surface area contributed by atoms with Crippen LogP contribution in [0.25, 0.3) is 0 Å². The van der Waals surface area contributed by atoms with Crippen molar-refractivity contribution in [1.29, 1.82) is 0 Å². The van der Waals surface area contributed by atoms with Gasteiger partial charge in [0.15, 0.2) is 0 Å². The molecule has 0 aliphatic carbocycles. The fraction of sp³-hybridized carbons (Fsp3) is 0.529. The number of hydrogen-bond donors (Lipinski definition) is 1. The van der Waals surface area contributed by atoms with E-state index in [9.17, 15) is 0 Å². The van der Waals surface area contributed by atoms with Crippen molar-refractivity contribution in [2.75, 3.05) is 0 Å². The van der Waals surface area contributed by atoms with E-state index >= 15 is 0 Å². The summed E-state index contributed by atoms with van der Waals surface area (Å²) in [5.74, 6) is 10.8. The van der Waals surface area contributed by atoms with Crippen LogP contribution in [0.4, 0.5) is 0 Å². The van der Waals surface area contributed by atoms with Gasteiger partial charge in [0, 0.05) is 6.42 Å². The summed E-state index contributed by atoms with van der Waals surface area (Å²) in [6, 6.07) is 0. The van der Waals surface area contributed by atoms with Gasteiger partial charge >= 0.3 is 0 Å². The second-order valence-corrected chi connectivity index (χ2v) is 4.13. The molecule has 0 aromatic heterocycles. The highest BCUT2D eigenvalue weighted by molar-refractivity contribution is 5.29. The van der Waals surface area contributed by atoms with Gasteiger partial charge in [0.1, 0.15) is 6.10 Å². The Balaban J connectivity index is 3.50. The highest BCUT2D eigenvalue weighted by Crippen LogP contribution is 2.05. The van der Waals surface area contributed by atoms with E-state index in [1.807, 2.05) is 0 Å². The molecule has 0 aliphatic heterocycles. The van der Waals surface area contributed by atoms with Gasteiger partial charge in [-0.2, -0.15) is 0 Å². The van der Waals surface area contributed by atoms with Gasteiger partial charge in [-0.05, 0) is 24.7 Å². The molecule has 0 fully saturated rings. The fourth-order valence-corrected chi connectivity index (χ4v) is 1.39. The van der Waals surface area contributed by atoms with Crippen molar-refractivity contribution in [3.63, 3.8) is 0 Å². The Morgan fingerprint density at radius 3 is 2.61 bits per heavy atom. The van der Waals surface area contributed by atoms with Gasteiger partial charge in [-0.1, -0.05) is 69.3 Å². The van der Waals surface area contributed by atoms with Crippen molar-refractivity contribution >= 4 is 0 Å². The Morgan fingerprint density at radius 2 is 1.89 bits per heavy atom. The van der Waals surface area contributed by atoms with Crippen molar-refractivity contribution in [1.82, 2.24) is 0 Å². The van der Waals surface area contributed by atoms with Crippen molar-refractivity contribution < 1.29 is 5.11 Å². The smallest absolute Gasteiger partial charge is 0.134 e. The highest BCUT2D eigenvalue weighted by Gasteiger charge is 1.86. The first kappa shape index (κ1) is 16.6. The Kier molecular flexibility index (Phi) is 12.5. The van der Waals surface area contributed by atoms with Gasteiger partial charge in [-0.15, -0.1) is 0 Å². The van der Waals surface area contributed by atoms with Gasteiger partial charge in [0.25, 0.3) is 0 Å². The minimum Gasteiger partial charge on any atom is -0.377 e. The average Bonchev–Trinajstić information content (AvgIpc) is 2.39. The lowest BCUT2D eigenvalue weighted by Gasteiger charge is -1.95. The summed E-state index contributed by atoms with van der Waals surface area (Å²) in [6.45, 7) is 5.66. The van der Waals surface area contributed by atoms with Crippen LogP contribution in [0.3, 0.4) is 0 Å². The zero-order valence-corrected chi connectivity index (χ0v) is 11.4. The van der Waals surface area contributed by atoms with Crippen LogP contribution in [0, 0.1) is 23.7 Å². The predicted octanol–water partition coefficient (Wildman–Crippen LogP) is 3.85. The Bertz CT molecular complexity index is 343. The lowest BCUT2D eigenvalue weighted by Crippen LogP contribution is -1.94. The Hall–Kier alpha value is -1.44. The summed E-state index contributed by atoms with van der Waals surface area (Å²) < 4.78 is 0. The molecular formula is C17H24O.